The van der Waals surface area contributed by atoms with Crippen LogP contribution in [0.5, 0.6) is 0 Å². The maximum atomic E-state index is 10.7. The monoisotopic (exact) mass is 194 g/mol. The third kappa shape index (κ3) is 1.17. The summed E-state index contributed by atoms with van der Waals surface area (Å²) >= 11 is 1.24. The van der Waals surface area contributed by atoms with Gasteiger partial charge in [-0.15, -0.1) is 0 Å². The number of hydrogen-bond acceptors (Lipinski definition) is 4. The molecule has 0 saturated carbocycles. The predicted molar refractivity (Wildman–Crippen MR) is 51.0 cm³/mol. The zero-order chi connectivity index (χ0) is 9.42. The Morgan fingerprint density at radius 1 is 1.54 bits per heavy atom. The number of nitrogens with zero attached hydrogens (tertiary/aromatic N) is 2. The van der Waals surface area contributed by atoms with Gasteiger partial charge in [-0.05, 0) is 24.5 Å². The number of nitro benzene ring substituents is 1. The number of hydrogen-bond donors (Lipinski definition) is 0. The van der Waals surface area contributed by atoms with E-state index in [0.717, 1.165) is 0 Å². The minimum absolute atomic E-state index is 0.172. The lowest BCUT2D eigenvalue weighted by Crippen LogP contribution is -1.91. The van der Waals surface area contributed by atoms with Crippen molar-refractivity contribution in [1.29, 1.82) is 0 Å². The van der Waals surface area contributed by atoms with E-state index in [4.69, 9.17) is 0 Å². The van der Waals surface area contributed by atoms with Crippen molar-refractivity contribution in [3.63, 3.8) is 0 Å². The van der Waals surface area contributed by atoms with Gasteiger partial charge in [0.05, 0.1) is 15.8 Å². The van der Waals surface area contributed by atoms with Crippen molar-refractivity contribution in [2.45, 2.75) is 6.92 Å². The molecule has 0 spiro atoms. The van der Waals surface area contributed by atoms with Crippen molar-refractivity contribution in [3.05, 3.63) is 33.2 Å². The van der Waals surface area contributed by atoms with Crippen molar-refractivity contribution < 1.29 is 4.92 Å². The minimum Gasteiger partial charge on any atom is -0.258 e. The molecule has 0 radical (unpaired) electrons. The Morgan fingerprint density at radius 2 is 2.31 bits per heavy atom. The second kappa shape index (κ2) is 2.77. The van der Waals surface area contributed by atoms with E-state index in [2.05, 4.69) is 4.37 Å². The maximum Gasteiger partial charge on any atom is 0.282 e. The molecule has 0 aliphatic rings. The summed E-state index contributed by atoms with van der Waals surface area (Å²) in [5.74, 6) is 0. The molecule has 0 atom stereocenters. The second-order valence-corrected chi connectivity index (χ2v) is 3.36. The summed E-state index contributed by atoms with van der Waals surface area (Å²) < 4.78 is 4.04. The van der Waals surface area contributed by atoms with E-state index >= 15 is 0 Å². The first kappa shape index (κ1) is 8.12. The van der Waals surface area contributed by atoms with Crippen LogP contribution in [0, 0.1) is 17.0 Å². The van der Waals surface area contributed by atoms with Crippen LogP contribution in [0.4, 0.5) is 5.69 Å². The Hall–Kier alpha value is -1.49. The van der Waals surface area contributed by atoms with Crippen LogP contribution in [0.3, 0.4) is 0 Å². The molecule has 0 saturated heterocycles. The molecule has 1 heterocycles. The molecule has 2 rings (SSSR count). The fourth-order valence-electron chi connectivity index (χ4n) is 1.28. The Kier molecular flexibility index (Phi) is 1.73. The summed E-state index contributed by atoms with van der Waals surface area (Å²) in [7, 11) is 0. The van der Waals surface area contributed by atoms with Crippen LogP contribution in [-0.2, 0) is 0 Å². The Bertz CT molecular complexity index is 478. The number of fused-ring (bicyclic) bond motifs is 1. The number of rotatable bonds is 1. The Balaban J connectivity index is 2.88. The summed E-state index contributed by atoms with van der Waals surface area (Å²) in [6.07, 6.45) is 0. The van der Waals surface area contributed by atoms with Gasteiger partial charge >= 0.3 is 0 Å². The molecule has 0 amide bonds. The van der Waals surface area contributed by atoms with Gasteiger partial charge in [0.1, 0.15) is 0 Å². The molecule has 1 aromatic carbocycles. The van der Waals surface area contributed by atoms with Crippen LogP contribution in [0.25, 0.3) is 10.9 Å². The summed E-state index contributed by atoms with van der Waals surface area (Å²) in [5.41, 5.74) is 1.55. The number of aromatic nitrogens is 1. The van der Waals surface area contributed by atoms with E-state index in [1.807, 2.05) is 0 Å². The highest BCUT2D eigenvalue weighted by Gasteiger charge is 2.16. The SMILES string of the molecule is Cc1ccc2nscc2c1[N+](=O)[O-]. The first-order chi connectivity index (χ1) is 6.20. The molecule has 0 aliphatic heterocycles. The molecular formula is C8H6N2O2S. The van der Waals surface area contributed by atoms with Gasteiger partial charge in [-0.25, -0.2) is 0 Å². The highest BCUT2D eigenvalue weighted by Crippen LogP contribution is 2.29. The number of benzene rings is 1. The van der Waals surface area contributed by atoms with Crippen LogP contribution < -0.4 is 0 Å². The molecule has 5 heteroatoms. The molecule has 0 fully saturated rings. The van der Waals surface area contributed by atoms with E-state index in [0.29, 0.717) is 16.5 Å². The van der Waals surface area contributed by atoms with Gasteiger partial charge in [-0.2, -0.15) is 4.37 Å². The molecule has 4 nitrogen and oxygen atoms in total. The summed E-state index contributed by atoms with van der Waals surface area (Å²) in [6.45, 7) is 1.73. The fourth-order valence-corrected chi connectivity index (χ4v) is 1.94. The lowest BCUT2D eigenvalue weighted by molar-refractivity contribution is -0.383. The van der Waals surface area contributed by atoms with Gasteiger partial charge in [0.25, 0.3) is 5.69 Å². The van der Waals surface area contributed by atoms with Crippen LogP contribution in [0.2, 0.25) is 0 Å². The van der Waals surface area contributed by atoms with E-state index in [1.54, 1.807) is 24.4 Å². The third-order valence-corrected chi connectivity index (χ3v) is 2.54. The summed E-state index contributed by atoms with van der Waals surface area (Å²) in [6, 6.07) is 3.52. The first-order valence-electron chi connectivity index (χ1n) is 3.68. The smallest absolute Gasteiger partial charge is 0.258 e. The van der Waals surface area contributed by atoms with Crippen LogP contribution in [0.1, 0.15) is 5.56 Å². The topological polar surface area (TPSA) is 56.0 Å². The van der Waals surface area contributed by atoms with Crippen molar-refractivity contribution in [2.75, 3.05) is 0 Å². The lowest BCUT2D eigenvalue weighted by Gasteiger charge is -1.96. The van der Waals surface area contributed by atoms with Crippen LogP contribution in [-0.4, -0.2) is 9.30 Å². The van der Waals surface area contributed by atoms with Crippen molar-refractivity contribution in [2.24, 2.45) is 0 Å². The fraction of sp³-hybridized carbons (Fsp3) is 0.125. The number of aryl methyl sites for hydroxylation is 1. The summed E-state index contributed by atoms with van der Waals surface area (Å²) in [4.78, 5) is 10.4. The van der Waals surface area contributed by atoms with Gasteiger partial charge in [0.15, 0.2) is 0 Å². The molecular weight excluding hydrogens is 188 g/mol. The Morgan fingerprint density at radius 3 is 3.00 bits per heavy atom. The van der Waals surface area contributed by atoms with E-state index in [1.165, 1.54) is 11.5 Å². The minimum atomic E-state index is -0.355. The van der Waals surface area contributed by atoms with Gasteiger partial charge in [0, 0.05) is 10.9 Å². The molecule has 1 aromatic heterocycles. The largest absolute Gasteiger partial charge is 0.282 e. The third-order valence-electron chi connectivity index (χ3n) is 1.90. The molecule has 66 valence electrons. The first-order valence-corrected chi connectivity index (χ1v) is 4.52. The van der Waals surface area contributed by atoms with Gasteiger partial charge in [0.2, 0.25) is 0 Å². The zero-order valence-electron chi connectivity index (χ0n) is 6.85. The Labute approximate surface area is 78.1 Å². The second-order valence-electron chi connectivity index (χ2n) is 2.74. The van der Waals surface area contributed by atoms with Crippen LogP contribution >= 0.6 is 11.5 Å². The lowest BCUT2D eigenvalue weighted by atomic mass is 10.1. The van der Waals surface area contributed by atoms with E-state index < -0.39 is 0 Å². The van der Waals surface area contributed by atoms with Gasteiger partial charge < -0.3 is 0 Å². The zero-order valence-corrected chi connectivity index (χ0v) is 7.67. The van der Waals surface area contributed by atoms with Crippen LogP contribution in [0.15, 0.2) is 17.5 Å². The van der Waals surface area contributed by atoms with Crippen molar-refractivity contribution in [1.82, 2.24) is 4.37 Å². The molecule has 13 heavy (non-hydrogen) atoms. The molecule has 0 N–H and O–H groups in total. The van der Waals surface area contributed by atoms with Crippen molar-refractivity contribution in [3.8, 4) is 0 Å². The highest BCUT2D eigenvalue weighted by molar-refractivity contribution is 7.04. The maximum absolute atomic E-state index is 10.7. The van der Waals surface area contributed by atoms with Gasteiger partial charge in [-0.3, -0.25) is 10.1 Å². The molecule has 0 aliphatic carbocycles. The quantitative estimate of drug-likeness (QED) is 0.517. The average molecular weight is 194 g/mol. The molecule has 2 aromatic rings. The predicted octanol–water partition coefficient (Wildman–Crippen LogP) is 2.51. The van der Waals surface area contributed by atoms with E-state index in [9.17, 15) is 10.1 Å². The summed E-state index contributed by atoms with van der Waals surface area (Å²) in [5, 5.41) is 13.1. The number of nitro groups is 1. The average Bonchev–Trinajstić information content (AvgIpc) is 2.50. The highest BCUT2D eigenvalue weighted by atomic mass is 32.1. The standard InChI is InChI=1S/C8H6N2O2S/c1-5-2-3-7-6(4-13-9-7)8(5)10(11)12/h2-4H,1H3. The van der Waals surface area contributed by atoms with E-state index in [-0.39, 0.29) is 10.6 Å². The molecule has 0 bridgehead atoms. The van der Waals surface area contributed by atoms with Crippen molar-refractivity contribution >= 4 is 28.1 Å². The van der Waals surface area contributed by atoms with Gasteiger partial charge in [-0.1, -0.05) is 6.07 Å². The normalized spacial score (nSPS) is 10.5. The molecule has 0 unspecified atom stereocenters.